The largest absolute Gasteiger partial charge is 0.503 e. The molecule has 0 saturated heterocycles. The van der Waals surface area contributed by atoms with Crippen LogP contribution in [0.4, 0.5) is 0 Å². The first-order valence-electron chi connectivity index (χ1n) is 11.1. The van der Waals surface area contributed by atoms with Crippen molar-refractivity contribution in [3.63, 3.8) is 0 Å². The number of carbonyl (C=O) groups excluding carboxylic acids is 2. The molecule has 1 atom stereocenters. The SMILES string of the molecule is CCc1ccc([C@H]2C(C(=O)c3cccs3)=C(O)C(=O)N2CCc2ccc(OC)c(OC)c2)cc1. The Hall–Kier alpha value is -3.58. The summed E-state index contributed by atoms with van der Waals surface area (Å²) < 4.78 is 10.7. The lowest BCUT2D eigenvalue weighted by Gasteiger charge is -2.27. The summed E-state index contributed by atoms with van der Waals surface area (Å²) in [6.45, 7) is 2.39. The molecular weight excluding hydrogens is 450 g/mol. The van der Waals surface area contributed by atoms with Crippen LogP contribution in [0.5, 0.6) is 11.5 Å². The number of thiophene rings is 1. The Bertz CT molecular complexity index is 1210. The number of Topliss-reactive ketones (excluding diaryl/α,β-unsaturated/α-hetero) is 1. The third-order valence-corrected chi connectivity index (χ3v) is 6.95. The van der Waals surface area contributed by atoms with Crippen molar-refractivity contribution in [2.45, 2.75) is 25.8 Å². The molecule has 3 aromatic rings. The molecular formula is C27H27NO5S. The quantitative estimate of drug-likeness (QED) is 0.432. The van der Waals surface area contributed by atoms with Crippen molar-refractivity contribution in [1.82, 2.24) is 4.90 Å². The minimum atomic E-state index is -0.659. The number of aliphatic hydroxyl groups excluding tert-OH is 1. The zero-order valence-electron chi connectivity index (χ0n) is 19.4. The van der Waals surface area contributed by atoms with Gasteiger partial charge in [0.1, 0.15) is 0 Å². The molecule has 0 unspecified atom stereocenters. The van der Waals surface area contributed by atoms with Gasteiger partial charge >= 0.3 is 0 Å². The molecule has 6 nitrogen and oxygen atoms in total. The van der Waals surface area contributed by atoms with Gasteiger partial charge in [-0.25, -0.2) is 0 Å². The van der Waals surface area contributed by atoms with E-state index in [2.05, 4.69) is 6.92 Å². The fourth-order valence-electron chi connectivity index (χ4n) is 4.22. The van der Waals surface area contributed by atoms with Crippen LogP contribution in [-0.2, 0) is 17.6 Å². The Balaban J connectivity index is 1.67. The second kappa shape index (κ2) is 10.1. The monoisotopic (exact) mass is 477 g/mol. The van der Waals surface area contributed by atoms with Gasteiger partial charge in [-0.2, -0.15) is 0 Å². The van der Waals surface area contributed by atoms with Crippen LogP contribution in [0.15, 0.2) is 71.3 Å². The minimum absolute atomic E-state index is 0.129. The van der Waals surface area contributed by atoms with E-state index < -0.39 is 17.7 Å². The summed E-state index contributed by atoms with van der Waals surface area (Å²) in [4.78, 5) is 28.6. The Kier molecular flexibility index (Phi) is 7.03. The Morgan fingerprint density at radius 3 is 2.35 bits per heavy atom. The lowest BCUT2D eigenvalue weighted by Crippen LogP contribution is -2.33. The van der Waals surface area contributed by atoms with Gasteiger partial charge in [-0.05, 0) is 53.1 Å². The lowest BCUT2D eigenvalue weighted by atomic mass is 9.94. The standard InChI is InChI=1S/C27H27NO5S/c1-4-17-7-10-19(11-8-17)24-23(25(29)22-6-5-15-34-22)26(30)27(31)28(24)14-13-18-9-12-20(32-2)21(16-18)33-3/h5-12,15-16,24,30H,4,13-14H2,1-3H3/t24-/m0/s1. The Labute approximate surface area is 203 Å². The van der Waals surface area contributed by atoms with Gasteiger partial charge in [-0.1, -0.05) is 43.3 Å². The Morgan fingerprint density at radius 1 is 1.03 bits per heavy atom. The van der Waals surface area contributed by atoms with E-state index in [1.165, 1.54) is 11.3 Å². The van der Waals surface area contributed by atoms with Crippen LogP contribution in [0.1, 0.15) is 39.3 Å². The van der Waals surface area contributed by atoms with E-state index in [9.17, 15) is 14.7 Å². The zero-order valence-corrected chi connectivity index (χ0v) is 20.2. The molecule has 0 bridgehead atoms. The number of ether oxygens (including phenoxy) is 2. The van der Waals surface area contributed by atoms with Crippen molar-refractivity contribution in [3.8, 4) is 11.5 Å². The van der Waals surface area contributed by atoms with Crippen LogP contribution in [0.2, 0.25) is 0 Å². The fraction of sp³-hybridized carbons (Fsp3) is 0.259. The molecule has 34 heavy (non-hydrogen) atoms. The van der Waals surface area contributed by atoms with Gasteiger partial charge in [0.15, 0.2) is 17.3 Å². The normalized spacial score (nSPS) is 15.7. The maximum Gasteiger partial charge on any atom is 0.290 e. The van der Waals surface area contributed by atoms with E-state index in [1.54, 1.807) is 31.3 Å². The second-order valence-corrected chi connectivity index (χ2v) is 8.95. The molecule has 4 rings (SSSR count). The highest BCUT2D eigenvalue weighted by molar-refractivity contribution is 7.12. The van der Waals surface area contributed by atoms with E-state index in [4.69, 9.17) is 9.47 Å². The molecule has 176 valence electrons. The molecule has 0 radical (unpaired) electrons. The lowest BCUT2D eigenvalue weighted by molar-refractivity contribution is -0.129. The molecule has 1 aliphatic rings. The van der Waals surface area contributed by atoms with Crippen LogP contribution in [0.3, 0.4) is 0 Å². The average molecular weight is 478 g/mol. The number of nitrogens with zero attached hydrogens (tertiary/aromatic N) is 1. The van der Waals surface area contributed by atoms with E-state index in [0.29, 0.717) is 29.3 Å². The smallest absolute Gasteiger partial charge is 0.290 e. The predicted molar refractivity (Wildman–Crippen MR) is 132 cm³/mol. The average Bonchev–Trinajstić information content (AvgIpc) is 3.50. The molecule has 0 fully saturated rings. The summed E-state index contributed by atoms with van der Waals surface area (Å²) in [6.07, 6.45) is 1.40. The first-order chi connectivity index (χ1) is 16.5. The van der Waals surface area contributed by atoms with Gasteiger partial charge in [0, 0.05) is 6.54 Å². The highest BCUT2D eigenvalue weighted by Gasteiger charge is 2.43. The zero-order chi connectivity index (χ0) is 24.2. The summed E-state index contributed by atoms with van der Waals surface area (Å²) in [6, 6.07) is 16.3. The highest BCUT2D eigenvalue weighted by atomic mass is 32.1. The Morgan fingerprint density at radius 2 is 1.74 bits per heavy atom. The third kappa shape index (κ3) is 4.43. The van der Waals surface area contributed by atoms with Gasteiger partial charge in [0.2, 0.25) is 5.78 Å². The maximum absolute atomic E-state index is 13.3. The van der Waals surface area contributed by atoms with Crippen molar-refractivity contribution in [2.75, 3.05) is 20.8 Å². The molecule has 2 heterocycles. The molecule has 1 amide bonds. The number of amides is 1. The number of rotatable bonds is 9. The van der Waals surface area contributed by atoms with E-state index in [0.717, 1.165) is 23.1 Å². The maximum atomic E-state index is 13.3. The van der Waals surface area contributed by atoms with Crippen molar-refractivity contribution in [2.24, 2.45) is 0 Å². The van der Waals surface area contributed by atoms with E-state index in [-0.39, 0.29) is 11.4 Å². The van der Waals surface area contributed by atoms with Crippen LogP contribution in [0, 0.1) is 0 Å². The molecule has 1 aromatic heterocycles. The summed E-state index contributed by atoms with van der Waals surface area (Å²) in [5.41, 5.74) is 3.03. The predicted octanol–water partition coefficient (Wildman–Crippen LogP) is 5.15. The number of benzene rings is 2. The molecule has 2 aromatic carbocycles. The van der Waals surface area contributed by atoms with Gasteiger partial charge in [-0.3, -0.25) is 9.59 Å². The first-order valence-corrected chi connectivity index (χ1v) is 12.0. The first kappa shape index (κ1) is 23.6. The summed E-state index contributed by atoms with van der Waals surface area (Å²) in [5, 5.41) is 12.6. The van der Waals surface area contributed by atoms with Crippen molar-refractivity contribution < 1.29 is 24.2 Å². The summed E-state index contributed by atoms with van der Waals surface area (Å²) >= 11 is 1.29. The number of methoxy groups -OCH3 is 2. The van der Waals surface area contributed by atoms with E-state index in [1.807, 2.05) is 47.8 Å². The number of hydrogen-bond acceptors (Lipinski definition) is 6. The van der Waals surface area contributed by atoms with Crippen LogP contribution < -0.4 is 9.47 Å². The van der Waals surface area contributed by atoms with Gasteiger partial charge in [-0.15, -0.1) is 11.3 Å². The minimum Gasteiger partial charge on any atom is -0.503 e. The van der Waals surface area contributed by atoms with Crippen molar-refractivity contribution in [3.05, 3.63) is 92.9 Å². The van der Waals surface area contributed by atoms with Crippen molar-refractivity contribution in [1.29, 1.82) is 0 Å². The fourth-order valence-corrected chi connectivity index (χ4v) is 4.90. The van der Waals surface area contributed by atoms with Crippen LogP contribution in [0.25, 0.3) is 0 Å². The summed E-state index contributed by atoms with van der Waals surface area (Å²) in [7, 11) is 3.15. The number of aryl methyl sites for hydroxylation is 1. The van der Waals surface area contributed by atoms with Crippen LogP contribution >= 0.6 is 11.3 Å². The molecule has 1 N–H and O–H groups in total. The second-order valence-electron chi connectivity index (χ2n) is 8.00. The molecule has 7 heteroatoms. The number of ketones is 1. The number of hydrogen-bond donors (Lipinski definition) is 1. The molecule has 0 spiro atoms. The van der Waals surface area contributed by atoms with Gasteiger partial charge in [0.25, 0.3) is 5.91 Å². The molecule has 1 aliphatic heterocycles. The van der Waals surface area contributed by atoms with E-state index >= 15 is 0 Å². The topological polar surface area (TPSA) is 76.1 Å². The highest BCUT2D eigenvalue weighted by Crippen LogP contribution is 2.40. The third-order valence-electron chi connectivity index (χ3n) is 6.09. The molecule has 0 aliphatic carbocycles. The number of aliphatic hydroxyl groups is 1. The molecule has 0 saturated carbocycles. The van der Waals surface area contributed by atoms with Crippen molar-refractivity contribution >= 4 is 23.0 Å². The van der Waals surface area contributed by atoms with Gasteiger partial charge in [0.05, 0.1) is 30.7 Å². The van der Waals surface area contributed by atoms with Gasteiger partial charge < -0.3 is 19.5 Å². The van der Waals surface area contributed by atoms with Crippen LogP contribution in [-0.4, -0.2) is 42.5 Å². The summed E-state index contributed by atoms with van der Waals surface area (Å²) in [5.74, 6) is -0.103. The number of carbonyl (C=O) groups is 2.